The summed E-state index contributed by atoms with van der Waals surface area (Å²) in [5.41, 5.74) is 2.88. The van der Waals surface area contributed by atoms with Crippen LogP contribution in [0.15, 0.2) is 24.3 Å². The number of halogens is 1. The Morgan fingerprint density at radius 1 is 1.25 bits per heavy atom. The Morgan fingerprint density at radius 3 is 2.65 bits per heavy atom. The average Bonchev–Trinajstić information content (AvgIpc) is 2.78. The van der Waals surface area contributed by atoms with Crippen molar-refractivity contribution in [3.63, 3.8) is 0 Å². The van der Waals surface area contributed by atoms with E-state index >= 15 is 0 Å². The van der Waals surface area contributed by atoms with E-state index in [1.807, 2.05) is 0 Å². The summed E-state index contributed by atoms with van der Waals surface area (Å²) in [5.74, 6) is 1.80. The zero-order chi connectivity index (χ0) is 14.2. The first-order chi connectivity index (χ1) is 9.61. The lowest BCUT2D eigenvalue weighted by molar-refractivity contribution is 0.194. The first-order valence-electron chi connectivity index (χ1n) is 7.62. The summed E-state index contributed by atoms with van der Waals surface area (Å²) in [4.78, 5) is 4.79. The quantitative estimate of drug-likeness (QED) is 0.731. The molecule has 0 N–H and O–H groups in total. The summed E-state index contributed by atoms with van der Waals surface area (Å²) < 4.78 is 2.47. The molecule has 1 saturated carbocycles. The topological polar surface area (TPSA) is 17.8 Å². The molecule has 1 fully saturated rings. The summed E-state index contributed by atoms with van der Waals surface area (Å²) in [6.45, 7) is 4.77. The summed E-state index contributed by atoms with van der Waals surface area (Å²) in [5, 5.41) is 0. The van der Waals surface area contributed by atoms with Crippen LogP contribution in [-0.2, 0) is 6.42 Å². The number of hydrogen-bond acceptors (Lipinski definition) is 1. The van der Waals surface area contributed by atoms with Crippen molar-refractivity contribution in [2.45, 2.75) is 52.0 Å². The first-order valence-corrected chi connectivity index (χ1v) is 8.16. The number of fused-ring (bicyclic) bond motifs is 1. The molecular formula is C17H23ClN2. The molecule has 0 radical (unpaired) electrons. The molecule has 2 aromatic rings. The molecule has 0 atom stereocenters. The second-order valence-electron chi connectivity index (χ2n) is 6.72. The van der Waals surface area contributed by atoms with Crippen molar-refractivity contribution in [2.75, 3.05) is 5.88 Å². The zero-order valence-corrected chi connectivity index (χ0v) is 13.2. The van der Waals surface area contributed by atoms with Crippen LogP contribution in [0.4, 0.5) is 0 Å². The van der Waals surface area contributed by atoms with Crippen LogP contribution < -0.4 is 0 Å². The molecule has 0 aliphatic heterocycles. The zero-order valence-electron chi connectivity index (χ0n) is 12.4. The van der Waals surface area contributed by atoms with Gasteiger partial charge in [0, 0.05) is 18.3 Å². The molecule has 1 aromatic carbocycles. The number of para-hydroxylation sites is 2. The molecule has 0 unspecified atom stereocenters. The van der Waals surface area contributed by atoms with Gasteiger partial charge in [-0.05, 0) is 43.2 Å². The van der Waals surface area contributed by atoms with E-state index < -0.39 is 0 Å². The Bertz CT molecular complexity index is 590. The van der Waals surface area contributed by atoms with E-state index in [1.165, 1.54) is 31.2 Å². The number of imidazole rings is 1. The summed E-state index contributed by atoms with van der Waals surface area (Å²) in [6, 6.07) is 9.07. The van der Waals surface area contributed by atoms with E-state index in [2.05, 4.69) is 42.7 Å². The molecule has 1 aromatic heterocycles. The molecule has 0 spiro atoms. The third kappa shape index (κ3) is 2.58. The highest BCUT2D eigenvalue weighted by Crippen LogP contribution is 2.41. The minimum Gasteiger partial charge on any atom is -0.325 e. The second kappa shape index (κ2) is 5.40. The fourth-order valence-electron chi connectivity index (χ4n) is 3.40. The van der Waals surface area contributed by atoms with E-state index in [4.69, 9.17) is 16.6 Å². The van der Waals surface area contributed by atoms with Gasteiger partial charge in [-0.25, -0.2) is 4.98 Å². The lowest BCUT2D eigenvalue weighted by Gasteiger charge is -2.35. The van der Waals surface area contributed by atoms with Crippen LogP contribution in [0.3, 0.4) is 0 Å². The minimum absolute atomic E-state index is 0.500. The third-order valence-corrected chi connectivity index (χ3v) is 4.85. The van der Waals surface area contributed by atoms with Gasteiger partial charge in [0.15, 0.2) is 0 Å². The Hall–Kier alpha value is -1.02. The molecule has 1 heterocycles. The van der Waals surface area contributed by atoms with E-state index in [0.29, 0.717) is 17.3 Å². The molecule has 108 valence electrons. The van der Waals surface area contributed by atoms with Crippen molar-refractivity contribution in [3.8, 4) is 0 Å². The molecule has 3 heteroatoms. The fourth-order valence-corrected chi connectivity index (χ4v) is 3.57. The van der Waals surface area contributed by atoms with Gasteiger partial charge in [0.05, 0.1) is 11.0 Å². The molecule has 1 aliphatic rings. The minimum atomic E-state index is 0.500. The predicted molar refractivity (Wildman–Crippen MR) is 85.4 cm³/mol. The molecule has 2 nitrogen and oxygen atoms in total. The Balaban J connectivity index is 1.99. The number of benzene rings is 1. The maximum atomic E-state index is 5.97. The van der Waals surface area contributed by atoms with Gasteiger partial charge in [0.25, 0.3) is 0 Å². The number of aromatic nitrogens is 2. The maximum Gasteiger partial charge on any atom is 0.111 e. The summed E-state index contributed by atoms with van der Waals surface area (Å²) in [7, 11) is 0. The number of hydrogen-bond donors (Lipinski definition) is 0. The van der Waals surface area contributed by atoms with Gasteiger partial charge < -0.3 is 4.57 Å². The van der Waals surface area contributed by atoms with Crippen molar-refractivity contribution < 1.29 is 0 Å². The average molecular weight is 291 g/mol. The van der Waals surface area contributed by atoms with Crippen LogP contribution in [-0.4, -0.2) is 15.4 Å². The van der Waals surface area contributed by atoms with Gasteiger partial charge >= 0.3 is 0 Å². The number of alkyl halides is 1. The van der Waals surface area contributed by atoms with Crippen molar-refractivity contribution in [3.05, 3.63) is 30.1 Å². The van der Waals surface area contributed by atoms with E-state index in [0.717, 1.165) is 17.8 Å². The molecule has 3 rings (SSSR count). The summed E-state index contributed by atoms with van der Waals surface area (Å²) >= 11 is 5.97. The fraction of sp³-hybridized carbons (Fsp3) is 0.588. The largest absolute Gasteiger partial charge is 0.325 e. The van der Waals surface area contributed by atoms with Gasteiger partial charge in [-0.2, -0.15) is 0 Å². The maximum absolute atomic E-state index is 5.97. The molecule has 1 aliphatic carbocycles. The molecule has 20 heavy (non-hydrogen) atoms. The van der Waals surface area contributed by atoms with Crippen molar-refractivity contribution >= 4 is 22.6 Å². The first kappa shape index (κ1) is 13.9. The van der Waals surface area contributed by atoms with E-state index in [1.54, 1.807) is 0 Å². The number of rotatable bonds is 3. The Labute approximate surface area is 126 Å². The molecule has 0 bridgehead atoms. The number of nitrogens with zero attached hydrogens (tertiary/aromatic N) is 2. The highest BCUT2D eigenvalue weighted by atomic mass is 35.5. The second-order valence-corrected chi connectivity index (χ2v) is 7.10. The van der Waals surface area contributed by atoms with Crippen LogP contribution in [0.5, 0.6) is 0 Å². The highest BCUT2D eigenvalue weighted by molar-refractivity contribution is 6.17. The van der Waals surface area contributed by atoms with E-state index in [9.17, 15) is 0 Å². The molecule has 0 saturated heterocycles. The Kier molecular flexibility index (Phi) is 3.76. The standard InChI is InChI=1S/C17H23ClN2/c1-17(2)10-7-13(8-11-17)20-15-6-4-3-5-14(15)19-16(20)9-12-18/h3-6,13H,7-12H2,1-2H3. The van der Waals surface area contributed by atoms with Crippen molar-refractivity contribution in [1.29, 1.82) is 0 Å². The van der Waals surface area contributed by atoms with Crippen LogP contribution in [0, 0.1) is 5.41 Å². The van der Waals surface area contributed by atoms with Gasteiger partial charge in [0.1, 0.15) is 5.82 Å². The monoisotopic (exact) mass is 290 g/mol. The van der Waals surface area contributed by atoms with Gasteiger partial charge in [0.2, 0.25) is 0 Å². The van der Waals surface area contributed by atoms with Crippen molar-refractivity contribution in [1.82, 2.24) is 9.55 Å². The van der Waals surface area contributed by atoms with Gasteiger partial charge in [-0.3, -0.25) is 0 Å². The number of aryl methyl sites for hydroxylation is 1. The summed E-state index contributed by atoms with van der Waals surface area (Å²) in [6.07, 6.45) is 5.95. The predicted octanol–water partition coefficient (Wildman–Crippen LogP) is 4.96. The van der Waals surface area contributed by atoms with Gasteiger partial charge in [-0.15, -0.1) is 11.6 Å². The smallest absolute Gasteiger partial charge is 0.111 e. The van der Waals surface area contributed by atoms with Gasteiger partial charge in [-0.1, -0.05) is 26.0 Å². The van der Waals surface area contributed by atoms with Crippen molar-refractivity contribution in [2.24, 2.45) is 5.41 Å². The Morgan fingerprint density at radius 2 is 1.95 bits per heavy atom. The lowest BCUT2D eigenvalue weighted by atomic mass is 9.75. The third-order valence-electron chi connectivity index (χ3n) is 4.66. The molecule has 0 amide bonds. The van der Waals surface area contributed by atoms with Crippen LogP contribution in [0.25, 0.3) is 11.0 Å². The normalized spacial score (nSPS) is 19.6. The van der Waals surface area contributed by atoms with Crippen LogP contribution in [0.2, 0.25) is 0 Å². The lowest BCUT2D eigenvalue weighted by Crippen LogP contribution is -2.24. The molecular weight excluding hydrogens is 268 g/mol. The SMILES string of the molecule is CC1(C)CCC(n2c(CCCl)nc3ccccc32)CC1. The van der Waals surface area contributed by atoms with Crippen LogP contribution >= 0.6 is 11.6 Å². The highest BCUT2D eigenvalue weighted by Gasteiger charge is 2.29. The van der Waals surface area contributed by atoms with E-state index in [-0.39, 0.29) is 0 Å². The van der Waals surface area contributed by atoms with Crippen LogP contribution in [0.1, 0.15) is 51.4 Å².